The Morgan fingerprint density at radius 3 is 2.50 bits per heavy atom. The maximum absolute atomic E-state index is 13.4. The number of pyridine rings is 1. The smallest absolute Gasteiger partial charge is 0.387 e. The minimum absolute atomic E-state index is 0.00497. The van der Waals surface area contributed by atoms with Gasteiger partial charge in [-0.05, 0) is 79.6 Å². The zero-order valence-corrected chi connectivity index (χ0v) is 24.0. The Balaban J connectivity index is 1.50. The summed E-state index contributed by atoms with van der Waals surface area (Å²) >= 11 is 6.01. The molecular formula is C28H28ClF3N6O3S. The summed E-state index contributed by atoms with van der Waals surface area (Å²) in [5.74, 6) is -0.724. The zero-order chi connectivity index (χ0) is 30.1. The number of nitrogens with zero attached hydrogens (tertiary/aromatic N) is 3. The van der Waals surface area contributed by atoms with Crippen molar-refractivity contribution in [3.63, 3.8) is 0 Å². The summed E-state index contributed by atoms with van der Waals surface area (Å²) in [5, 5.41) is 3.93. The largest absolute Gasteiger partial charge is 0.574 e. The van der Waals surface area contributed by atoms with Crippen molar-refractivity contribution < 1.29 is 26.3 Å². The summed E-state index contributed by atoms with van der Waals surface area (Å²) in [6, 6.07) is 12.0. The van der Waals surface area contributed by atoms with E-state index in [1.807, 2.05) is 6.92 Å². The molecule has 2 aromatic carbocycles. The van der Waals surface area contributed by atoms with Crippen LogP contribution in [0, 0.1) is 0 Å². The number of nitrogens with one attached hydrogen (secondary N) is 2. The number of aryl methyl sites for hydroxylation is 1. The Bertz CT molecular complexity index is 1710. The number of sulfonamides is 1. The number of fused-ring (bicyclic) bond motifs is 1. The summed E-state index contributed by atoms with van der Waals surface area (Å²) in [6.07, 6.45) is 0.753. The third-order valence-electron chi connectivity index (χ3n) is 7.00. The van der Waals surface area contributed by atoms with Crippen LogP contribution < -0.4 is 20.5 Å². The number of ether oxygens (including phenoxy) is 1. The van der Waals surface area contributed by atoms with Crippen molar-refractivity contribution >= 4 is 44.3 Å². The second kappa shape index (κ2) is 11.9. The molecule has 0 spiro atoms. The van der Waals surface area contributed by atoms with E-state index >= 15 is 0 Å². The van der Waals surface area contributed by atoms with Crippen LogP contribution in [0.5, 0.6) is 5.88 Å². The lowest BCUT2D eigenvalue weighted by Crippen LogP contribution is -2.33. The van der Waals surface area contributed by atoms with Gasteiger partial charge in [0.25, 0.3) is 10.0 Å². The standard InChI is InChI=1S/C28H28ClF3N6O3S/c1-2-16-13-17(14-18-15-34-27(37-25(16)18)35-20-9-7-19(33)8-10-20)21-11-12-24(36-26(21)41-28(30,31)32)38-42(39,40)23-6-4-3-5-22(23)29/h3-6,11-15,19-20H,2,7-10,33H2,1H3,(H,36,38)(H,34,35,37). The van der Waals surface area contributed by atoms with E-state index in [1.165, 1.54) is 30.3 Å². The van der Waals surface area contributed by atoms with Crippen molar-refractivity contribution in [3.8, 4) is 17.0 Å². The number of anilines is 2. The number of hydrogen-bond donors (Lipinski definition) is 3. The molecule has 1 aliphatic carbocycles. The summed E-state index contributed by atoms with van der Waals surface area (Å²) in [7, 11) is -4.25. The molecule has 222 valence electrons. The van der Waals surface area contributed by atoms with E-state index in [9.17, 15) is 21.6 Å². The van der Waals surface area contributed by atoms with Crippen LogP contribution >= 0.6 is 11.6 Å². The first-order valence-electron chi connectivity index (χ1n) is 13.3. The average Bonchev–Trinajstić information content (AvgIpc) is 2.93. The van der Waals surface area contributed by atoms with Crippen LogP contribution in [0.3, 0.4) is 0 Å². The fourth-order valence-electron chi connectivity index (χ4n) is 4.92. The molecular weight excluding hydrogens is 593 g/mol. The highest BCUT2D eigenvalue weighted by Gasteiger charge is 2.34. The van der Waals surface area contributed by atoms with Gasteiger partial charge in [-0.15, -0.1) is 13.2 Å². The Labute approximate surface area is 245 Å². The van der Waals surface area contributed by atoms with Gasteiger partial charge in [0, 0.05) is 29.2 Å². The predicted octanol–water partition coefficient (Wildman–Crippen LogP) is 6.29. The Morgan fingerprint density at radius 2 is 1.81 bits per heavy atom. The molecule has 1 aliphatic rings. The van der Waals surface area contributed by atoms with Crippen molar-refractivity contribution in [2.24, 2.45) is 5.73 Å². The molecule has 4 N–H and O–H groups in total. The maximum atomic E-state index is 13.4. The SMILES string of the molecule is CCc1cc(-c2ccc(NS(=O)(=O)c3ccccc3Cl)nc2OC(F)(F)F)cc2cnc(NC3CCC(N)CC3)nc12. The normalized spacial score (nSPS) is 17.7. The van der Waals surface area contributed by atoms with Crippen molar-refractivity contribution in [2.45, 2.75) is 62.4 Å². The van der Waals surface area contributed by atoms with Crippen LogP contribution in [0.4, 0.5) is 24.9 Å². The van der Waals surface area contributed by atoms with Gasteiger partial charge >= 0.3 is 6.36 Å². The van der Waals surface area contributed by atoms with Gasteiger partial charge in [-0.3, -0.25) is 4.72 Å². The van der Waals surface area contributed by atoms with E-state index in [2.05, 4.69) is 24.7 Å². The molecule has 2 aromatic heterocycles. The van der Waals surface area contributed by atoms with Gasteiger partial charge in [-0.1, -0.05) is 30.7 Å². The van der Waals surface area contributed by atoms with E-state index in [1.54, 1.807) is 24.4 Å². The van der Waals surface area contributed by atoms with Crippen LogP contribution in [-0.4, -0.2) is 41.8 Å². The van der Waals surface area contributed by atoms with Crippen LogP contribution in [-0.2, 0) is 16.4 Å². The molecule has 9 nitrogen and oxygen atoms in total. The van der Waals surface area contributed by atoms with Gasteiger partial charge < -0.3 is 15.8 Å². The molecule has 0 radical (unpaired) electrons. The molecule has 0 atom stereocenters. The highest BCUT2D eigenvalue weighted by atomic mass is 35.5. The quantitative estimate of drug-likeness (QED) is 0.209. The molecule has 5 rings (SSSR count). The lowest BCUT2D eigenvalue weighted by atomic mass is 9.92. The first-order chi connectivity index (χ1) is 19.9. The van der Waals surface area contributed by atoms with Gasteiger partial charge in [-0.25, -0.2) is 18.4 Å². The van der Waals surface area contributed by atoms with Gasteiger partial charge in [0.05, 0.1) is 10.5 Å². The molecule has 4 aromatic rings. The fraction of sp³-hybridized carbons (Fsp3) is 0.321. The molecule has 0 unspecified atom stereocenters. The average molecular weight is 621 g/mol. The second-order valence-corrected chi connectivity index (χ2v) is 12.1. The van der Waals surface area contributed by atoms with Crippen molar-refractivity contribution in [2.75, 3.05) is 10.0 Å². The summed E-state index contributed by atoms with van der Waals surface area (Å²) in [5.41, 5.74) is 7.83. The molecule has 0 aliphatic heterocycles. The van der Waals surface area contributed by atoms with Crippen molar-refractivity contribution in [1.82, 2.24) is 15.0 Å². The molecule has 1 fully saturated rings. The van der Waals surface area contributed by atoms with Crippen molar-refractivity contribution in [3.05, 3.63) is 65.3 Å². The number of rotatable bonds is 8. The third kappa shape index (κ3) is 6.85. The molecule has 0 amide bonds. The van der Waals surface area contributed by atoms with E-state index in [-0.39, 0.29) is 33.4 Å². The third-order valence-corrected chi connectivity index (χ3v) is 8.85. The van der Waals surface area contributed by atoms with E-state index in [4.69, 9.17) is 22.3 Å². The molecule has 2 heterocycles. The van der Waals surface area contributed by atoms with E-state index in [0.29, 0.717) is 28.8 Å². The van der Waals surface area contributed by atoms with Gasteiger partial charge in [0.15, 0.2) is 0 Å². The Hall–Kier alpha value is -3.68. The topological polar surface area (TPSA) is 132 Å². The zero-order valence-electron chi connectivity index (χ0n) is 22.5. The number of halogens is 4. The van der Waals surface area contributed by atoms with Crippen LogP contribution in [0.1, 0.15) is 38.2 Å². The second-order valence-electron chi connectivity index (χ2n) is 10.0. The Morgan fingerprint density at radius 1 is 1.07 bits per heavy atom. The van der Waals surface area contributed by atoms with Gasteiger partial charge in [0.1, 0.15) is 10.7 Å². The molecule has 1 saturated carbocycles. The van der Waals surface area contributed by atoms with Gasteiger partial charge in [-0.2, -0.15) is 4.98 Å². The molecule has 42 heavy (non-hydrogen) atoms. The number of hydrogen-bond acceptors (Lipinski definition) is 8. The molecule has 0 saturated heterocycles. The molecule has 0 bridgehead atoms. The summed E-state index contributed by atoms with van der Waals surface area (Å²) in [4.78, 5) is 12.8. The number of nitrogens with two attached hydrogens (primary N) is 1. The highest BCUT2D eigenvalue weighted by molar-refractivity contribution is 7.92. The summed E-state index contributed by atoms with van der Waals surface area (Å²) in [6.45, 7) is 1.91. The number of aromatic nitrogens is 3. The van der Waals surface area contributed by atoms with Crippen LogP contribution in [0.15, 0.2) is 59.6 Å². The molecule has 14 heteroatoms. The van der Waals surface area contributed by atoms with Crippen LogP contribution in [0.25, 0.3) is 22.0 Å². The summed E-state index contributed by atoms with van der Waals surface area (Å²) < 4.78 is 72.4. The lowest BCUT2D eigenvalue weighted by molar-refractivity contribution is -0.275. The lowest BCUT2D eigenvalue weighted by Gasteiger charge is -2.26. The fourth-order valence-corrected chi connectivity index (χ4v) is 6.44. The Kier molecular flexibility index (Phi) is 8.44. The first kappa shape index (κ1) is 29.8. The minimum Gasteiger partial charge on any atom is -0.387 e. The monoisotopic (exact) mass is 620 g/mol. The highest BCUT2D eigenvalue weighted by Crippen LogP contribution is 2.37. The van der Waals surface area contributed by atoms with Gasteiger partial charge in [0.2, 0.25) is 11.8 Å². The number of benzene rings is 2. The van der Waals surface area contributed by atoms with Crippen LogP contribution in [0.2, 0.25) is 5.02 Å². The number of alkyl halides is 3. The van der Waals surface area contributed by atoms with Crippen molar-refractivity contribution in [1.29, 1.82) is 0 Å². The predicted molar refractivity (Wildman–Crippen MR) is 155 cm³/mol. The minimum atomic E-state index is -5.08. The first-order valence-corrected chi connectivity index (χ1v) is 15.1. The van der Waals surface area contributed by atoms with E-state index < -0.39 is 22.3 Å². The van der Waals surface area contributed by atoms with E-state index in [0.717, 1.165) is 31.2 Å². The maximum Gasteiger partial charge on any atom is 0.574 e.